The zero-order chi connectivity index (χ0) is 26.4. The Labute approximate surface area is 218 Å². The molecule has 3 aromatic rings. The van der Waals surface area contributed by atoms with Gasteiger partial charge in [0.1, 0.15) is 0 Å². The van der Waals surface area contributed by atoms with Gasteiger partial charge in [-0.1, -0.05) is 24.3 Å². The van der Waals surface area contributed by atoms with Gasteiger partial charge in [0.25, 0.3) is 15.9 Å². The lowest BCUT2D eigenvalue weighted by Crippen LogP contribution is -2.27. The van der Waals surface area contributed by atoms with Gasteiger partial charge >= 0.3 is 0 Å². The lowest BCUT2D eigenvalue weighted by atomic mass is 10.1. The number of sulfonamides is 1. The SMILES string of the molecule is COc1ccc(S(=O)(=O)N(C)c2ccc(C(=O)NCc3ccccc3CN3CCCC3)cc2)cc1OC. The molecule has 1 aliphatic heterocycles. The van der Waals surface area contributed by atoms with Gasteiger partial charge in [-0.2, -0.15) is 0 Å². The van der Waals surface area contributed by atoms with Crippen LogP contribution < -0.4 is 19.1 Å². The largest absolute Gasteiger partial charge is 0.493 e. The van der Waals surface area contributed by atoms with E-state index in [9.17, 15) is 13.2 Å². The number of hydrogen-bond acceptors (Lipinski definition) is 6. The van der Waals surface area contributed by atoms with Crippen LogP contribution in [-0.4, -0.2) is 53.6 Å². The lowest BCUT2D eigenvalue weighted by molar-refractivity contribution is 0.0950. The van der Waals surface area contributed by atoms with E-state index >= 15 is 0 Å². The number of rotatable bonds is 10. The molecule has 1 heterocycles. The molecule has 1 aliphatic rings. The molecule has 4 rings (SSSR count). The van der Waals surface area contributed by atoms with Gasteiger partial charge in [-0.15, -0.1) is 0 Å². The molecule has 9 heteroatoms. The predicted molar refractivity (Wildman–Crippen MR) is 144 cm³/mol. The third-order valence-electron chi connectivity index (χ3n) is 6.66. The quantitative estimate of drug-likeness (QED) is 0.431. The number of nitrogens with one attached hydrogen (secondary N) is 1. The molecule has 1 fully saturated rings. The molecule has 196 valence electrons. The summed E-state index contributed by atoms with van der Waals surface area (Å²) < 4.78 is 38.0. The molecule has 1 saturated heterocycles. The zero-order valence-electron chi connectivity index (χ0n) is 21.4. The second-order valence-electron chi connectivity index (χ2n) is 8.97. The van der Waals surface area contributed by atoms with E-state index in [2.05, 4.69) is 16.3 Å². The van der Waals surface area contributed by atoms with Gasteiger partial charge in [-0.3, -0.25) is 14.0 Å². The predicted octanol–water partition coefficient (Wildman–Crippen LogP) is 4.05. The molecular weight excluding hydrogens is 490 g/mol. The van der Waals surface area contributed by atoms with E-state index in [-0.39, 0.29) is 10.8 Å². The van der Waals surface area contributed by atoms with Crippen LogP contribution in [0.1, 0.15) is 34.3 Å². The third-order valence-corrected chi connectivity index (χ3v) is 8.44. The van der Waals surface area contributed by atoms with E-state index in [1.807, 2.05) is 18.2 Å². The number of likely N-dealkylation sites (tertiary alicyclic amines) is 1. The minimum Gasteiger partial charge on any atom is -0.493 e. The van der Waals surface area contributed by atoms with Crippen molar-refractivity contribution in [2.24, 2.45) is 0 Å². The van der Waals surface area contributed by atoms with Crippen molar-refractivity contribution in [2.45, 2.75) is 30.8 Å². The maximum Gasteiger partial charge on any atom is 0.264 e. The Hall–Kier alpha value is -3.56. The fourth-order valence-electron chi connectivity index (χ4n) is 4.44. The first-order valence-corrected chi connectivity index (χ1v) is 13.7. The Morgan fingerprint density at radius 1 is 0.919 bits per heavy atom. The highest BCUT2D eigenvalue weighted by Gasteiger charge is 2.23. The van der Waals surface area contributed by atoms with E-state index < -0.39 is 10.0 Å². The van der Waals surface area contributed by atoms with Crippen molar-refractivity contribution in [3.8, 4) is 11.5 Å². The number of carbonyl (C=O) groups excluding carboxylic acids is 1. The number of methoxy groups -OCH3 is 2. The number of carbonyl (C=O) groups is 1. The highest BCUT2D eigenvalue weighted by Crippen LogP contribution is 2.31. The molecule has 0 spiro atoms. The Morgan fingerprint density at radius 2 is 1.57 bits per heavy atom. The molecule has 0 bridgehead atoms. The van der Waals surface area contributed by atoms with Gasteiger partial charge in [0.05, 0.1) is 24.8 Å². The molecule has 0 unspecified atom stereocenters. The number of nitrogens with zero attached hydrogens (tertiary/aromatic N) is 2. The molecule has 1 amide bonds. The van der Waals surface area contributed by atoms with Crippen LogP contribution in [0.3, 0.4) is 0 Å². The maximum absolute atomic E-state index is 13.2. The van der Waals surface area contributed by atoms with Crippen molar-refractivity contribution in [1.29, 1.82) is 0 Å². The molecule has 3 aromatic carbocycles. The number of anilines is 1. The Kier molecular flexibility index (Phi) is 8.35. The highest BCUT2D eigenvalue weighted by molar-refractivity contribution is 7.92. The molecule has 37 heavy (non-hydrogen) atoms. The third kappa shape index (κ3) is 6.06. The summed E-state index contributed by atoms with van der Waals surface area (Å²) >= 11 is 0. The van der Waals surface area contributed by atoms with Crippen LogP contribution in [-0.2, 0) is 23.1 Å². The van der Waals surface area contributed by atoms with Gasteiger partial charge in [-0.25, -0.2) is 8.42 Å². The smallest absolute Gasteiger partial charge is 0.264 e. The number of benzene rings is 3. The average Bonchev–Trinajstić information content (AvgIpc) is 3.44. The minimum atomic E-state index is -3.85. The number of ether oxygens (including phenoxy) is 2. The number of amides is 1. The van der Waals surface area contributed by atoms with Crippen molar-refractivity contribution < 1.29 is 22.7 Å². The Bertz CT molecular complexity index is 1340. The summed E-state index contributed by atoms with van der Waals surface area (Å²) in [6, 6.07) is 19.1. The summed E-state index contributed by atoms with van der Waals surface area (Å²) in [5.74, 6) is 0.553. The van der Waals surface area contributed by atoms with Gasteiger partial charge in [-0.05, 0) is 73.5 Å². The van der Waals surface area contributed by atoms with E-state index in [1.54, 1.807) is 30.3 Å². The van der Waals surface area contributed by atoms with Gasteiger partial charge < -0.3 is 14.8 Å². The summed E-state index contributed by atoms with van der Waals surface area (Å²) in [5.41, 5.74) is 3.21. The summed E-state index contributed by atoms with van der Waals surface area (Å²) in [6.45, 7) is 3.55. The van der Waals surface area contributed by atoms with Crippen LogP contribution in [0.15, 0.2) is 71.6 Å². The van der Waals surface area contributed by atoms with Crippen molar-refractivity contribution in [3.63, 3.8) is 0 Å². The average molecular weight is 524 g/mol. The van der Waals surface area contributed by atoms with Crippen molar-refractivity contribution >= 4 is 21.6 Å². The topological polar surface area (TPSA) is 88.2 Å². The summed E-state index contributed by atoms with van der Waals surface area (Å²) in [4.78, 5) is 15.3. The second-order valence-corrected chi connectivity index (χ2v) is 10.9. The first-order chi connectivity index (χ1) is 17.8. The Morgan fingerprint density at radius 3 is 2.22 bits per heavy atom. The molecule has 0 atom stereocenters. The summed E-state index contributed by atoms with van der Waals surface area (Å²) in [5, 5.41) is 2.99. The van der Waals surface area contributed by atoms with Crippen molar-refractivity contribution in [1.82, 2.24) is 10.2 Å². The molecule has 0 aromatic heterocycles. The fraction of sp³-hybridized carbons (Fsp3) is 0.321. The monoisotopic (exact) mass is 523 g/mol. The fourth-order valence-corrected chi connectivity index (χ4v) is 5.65. The molecule has 1 N–H and O–H groups in total. The van der Waals surface area contributed by atoms with Crippen LogP contribution in [0.5, 0.6) is 11.5 Å². The van der Waals surface area contributed by atoms with Crippen LogP contribution in [0.4, 0.5) is 5.69 Å². The summed E-state index contributed by atoms with van der Waals surface area (Å²) in [7, 11) is 0.562. The van der Waals surface area contributed by atoms with Crippen LogP contribution in [0, 0.1) is 0 Å². The van der Waals surface area contributed by atoms with Crippen LogP contribution in [0.2, 0.25) is 0 Å². The standard InChI is InChI=1S/C28H33N3O5S/c1-30(37(33,34)25-14-15-26(35-2)27(18-25)36-3)24-12-10-21(11-13-24)28(32)29-19-22-8-4-5-9-23(22)20-31-16-6-7-17-31/h4-5,8-15,18H,6-7,16-17,19-20H2,1-3H3,(H,29,32). The molecule has 0 aliphatic carbocycles. The first kappa shape index (κ1) is 26.5. The van der Waals surface area contributed by atoms with Gasteiger partial charge in [0, 0.05) is 31.8 Å². The van der Waals surface area contributed by atoms with E-state index in [0.29, 0.717) is 29.3 Å². The van der Waals surface area contributed by atoms with Crippen LogP contribution in [0.25, 0.3) is 0 Å². The second kappa shape index (κ2) is 11.7. The summed E-state index contributed by atoms with van der Waals surface area (Å²) in [6.07, 6.45) is 2.47. The number of hydrogen-bond donors (Lipinski definition) is 1. The molecular formula is C28H33N3O5S. The molecule has 0 radical (unpaired) electrons. The Balaban J connectivity index is 1.42. The minimum absolute atomic E-state index is 0.0714. The highest BCUT2D eigenvalue weighted by atomic mass is 32.2. The van der Waals surface area contributed by atoms with E-state index in [4.69, 9.17) is 9.47 Å². The first-order valence-electron chi connectivity index (χ1n) is 12.2. The van der Waals surface area contributed by atoms with E-state index in [1.165, 1.54) is 56.1 Å². The van der Waals surface area contributed by atoms with Gasteiger partial charge in [0.15, 0.2) is 11.5 Å². The van der Waals surface area contributed by atoms with Crippen LogP contribution >= 0.6 is 0 Å². The molecule has 8 nitrogen and oxygen atoms in total. The van der Waals surface area contributed by atoms with E-state index in [0.717, 1.165) is 25.2 Å². The maximum atomic E-state index is 13.2. The van der Waals surface area contributed by atoms with Gasteiger partial charge in [0.2, 0.25) is 0 Å². The lowest BCUT2D eigenvalue weighted by Gasteiger charge is -2.20. The van der Waals surface area contributed by atoms with Crippen molar-refractivity contribution in [3.05, 3.63) is 83.4 Å². The zero-order valence-corrected chi connectivity index (χ0v) is 22.3. The normalized spacial score (nSPS) is 13.8. The molecule has 0 saturated carbocycles. The van der Waals surface area contributed by atoms with Crippen molar-refractivity contribution in [2.75, 3.05) is 38.7 Å².